The van der Waals surface area contributed by atoms with Gasteiger partial charge in [-0.1, -0.05) is 13.8 Å². The molecule has 2 fully saturated rings. The summed E-state index contributed by atoms with van der Waals surface area (Å²) in [5, 5.41) is 11.1. The van der Waals surface area contributed by atoms with Crippen molar-refractivity contribution < 1.29 is 13.7 Å². The van der Waals surface area contributed by atoms with E-state index in [0.29, 0.717) is 37.3 Å². The third-order valence-electron chi connectivity index (χ3n) is 4.72. The minimum Gasteiger partial charge on any atom is -0.477 e. The van der Waals surface area contributed by atoms with Crippen LogP contribution < -0.4 is 10.1 Å². The molecule has 0 spiro atoms. The second kappa shape index (κ2) is 8.12. The fourth-order valence-electron chi connectivity index (χ4n) is 3.17. The third-order valence-corrected chi connectivity index (χ3v) is 6.89. The monoisotopic (exact) mass is 366 g/mol. The molecule has 3 rings (SSSR count). The van der Waals surface area contributed by atoms with Gasteiger partial charge >= 0.3 is 6.03 Å². The molecule has 25 heavy (non-hydrogen) atoms. The SMILES string of the molecule is CC(C)CCOc1ccc(NC(=O)N2CCC3CCC(C2)S3=O)nn1. The lowest BCUT2D eigenvalue weighted by atomic mass is 10.1. The second-order valence-electron chi connectivity index (χ2n) is 7.10. The molecular weight excluding hydrogens is 340 g/mol. The highest BCUT2D eigenvalue weighted by atomic mass is 32.2. The van der Waals surface area contributed by atoms with Gasteiger partial charge in [0.25, 0.3) is 0 Å². The average Bonchev–Trinajstić information content (AvgIpc) is 2.81. The van der Waals surface area contributed by atoms with Crippen LogP contribution in [0.25, 0.3) is 0 Å². The van der Waals surface area contributed by atoms with Crippen LogP contribution in [-0.2, 0) is 10.8 Å². The van der Waals surface area contributed by atoms with Gasteiger partial charge in [0.15, 0.2) is 5.82 Å². The number of fused-ring (bicyclic) bond motifs is 2. The molecule has 3 heterocycles. The van der Waals surface area contributed by atoms with Crippen LogP contribution in [0.1, 0.15) is 39.5 Å². The molecule has 2 amide bonds. The highest BCUT2D eigenvalue weighted by molar-refractivity contribution is 7.86. The predicted molar refractivity (Wildman–Crippen MR) is 97.1 cm³/mol. The summed E-state index contributed by atoms with van der Waals surface area (Å²) in [5.74, 6) is 1.43. The van der Waals surface area contributed by atoms with E-state index < -0.39 is 10.8 Å². The van der Waals surface area contributed by atoms with Crippen LogP contribution >= 0.6 is 0 Å². The fourth-order valence-corrected chi connectivity index (χ4v) is 5.12. The van der Waals surface area contributed by atoms with E-state index in [-0.39, 0.29) is 16.5 Å². The van der Waals surface area contributed by atoms with Crippen molar-refractivity contribution in [2.45, 2.75) is 50.0 Å². The number of ether oxygens (including phenoxy) is 1. The third kappa shape index (κ3) is 4.68. The number of aromatic nitrogens is 2. The Morgan fingerprint density at radius 2 is 2.12 bits per heavy atom. The Hall–Kier alpha value is -1.70. The number of urea groups is 1. The number of hydrogen-bond acceptors (Lipinski definition) is 5. The molecule has 1 N–H and O–H groups in total. The Balaban J connectivity index is 1.51. The molecule has 2 aliphatic rings. The number of carbonyl (C=O) groups excluding carboxylic acids is 1. The van der Waals surface area contributed by atoms with Crippen LogP contribution in [0.2, 0.25) is 0 Å². The Bertz CT molecular complexity index is 623. The number of likely N-dealkylation sites (tertiary alicyclic amines) is 1. The molecule has 1 aromatic heterocycles. The maximum atomic E-state index is 12.5. The van der Waals surface area contributed by atoms with E-state index in [2.05, 4.69) is 29.4 Å². The zero-order valence-electron chi connectivity index (χ0n) is 14.8. The Kier molecular flexibility index (Phi) is 5.88. The van der Waals surface area contributed by atoms with Gasteiger partial charge in [-0.2, -0.15) is 0 Å². The first-order chi connectivity index (χ1) is 12.0. The maximum absolute atomic E-state index is 12.5. The smallest absolute Gasteiger partial charge is 0.323 e. The van der Waals surface area contributed by atoms with E-state index in [4.69, 9.17) is 4.74 Å². The summed E-state index contributed by atoms with van der Waals surface area (Å²) in [7, 11) is -0.796. The first-order valence-corrected chi connectivity index (χ1v) is 10.2. The maximum Gasteiger partial charge on any atom is 0.323 e. The van der Waals surface area contributed by atoms with Crippen LogP contribution in [0.3, 0.4) is 0 Å². The number of amides is 2. The van der Waals surface area contributed by atoms with Crippen LogP contribution in [0.5, 0.6) is 5.88 Å². The summed E-state index contributed by atoms with van der Waals surface area (Å²) >= 11 is 0. The van der Waals surface area contributed by atoms with Gasteiger partial charge in [0.05, 0.1) is 11.9 Å². The quantitative estimate of drug-likeness (QED) is 0.865. The standard InChI is InChI=1S/C17H26N4O3S/c1-12(2)8-10-24-16-6-5-15(19-20-16)18-17(22)21-9-7-13-3-4-14(11-21)25(13)23/h5-6,12-14H,3-4,7-11H2,1-2H3,(H,18,19,22). The molecule has 2 bridgehead atoms. The highest BCUT2D eigenvalue weighted by Crippen LogP contribution is 2.30. The topological polar surface area (TPSA) is 84.4 Å². The van der Waals surface area contributed by atoms with E-state index in [1.54, 1.807) is 17.0 Å². The van der Waals surface area contributed by atoms with Gasteiger partial charge in [-0.25, -0.2) is 4.79 Å². The number of anilines is 1. The number of carbonyl (C=O) groups is 1. The van der Waals surface area contributed by atoms with Crippen molar-refractivity contribution >= 4 is 22.6 Å². The minimum atomic E-state index is -0.796. The minimum absolute atomic E-state index is 0.112. The molecule has 3 unspecified atom stereocenters. The van der Waals surface area contributed by atoms with Gasteiger partial charge in [-0.3, -0.25) is 9.53 Å². The highest BCUT2D eigenvalue weighted by Gasteiger charge is 2.38. The number of rotatable bonds is 5. The normalized spacial score (nSPS) is 25.7. The molecule has 2 saturated heterocycles. The summed E-state index contributed by atoms with van der Waals surface area (Å²) in [5.41, 5.74) is 0. The number of nitrogens with zero attached hydrogens (tertiary/aromatic N) is 3. The molecule has 0 aliphatic carbocycles. The molecule has 7 nitrogen and oxygen atoms in total. The fraction of sp³-hybridized carbons (Fsp3) is 0.706. The number of nitrogens with one attached hydrogen (secondary N) is 1. The van der Waals surface area contributed by atoms with Crippen molar-refractivity contribution in [1.29, 1.82) is 0 Å². The van der Waals surface area contributed by atoms with Crippen molar-refractivity contribution in [3.63, 3.8) is 0 Å². The Morgan fingerprint density at radius 3 is 2.84 bits per heavy atom. The first-order valence-electron chi connectivity index (χ1n) is 8.94. The predicted octanol–water partition coefficient (Wildman–Crippen LogP) is 2.42. The molecule has 138 valence electrons. The van der Waals surface area contributed by atoms with Crippen LogP contribution in [0, 0.1) is 5.92 Å². The zero-order chi connectivity index (χ0) is 17.8. The molecule has 0 radical (unpaired) electrons. The van der Waals surface area contributed by atoms with Crippen LogP contribution in [0.15, 0.2) is 12.1 Å². The Morgan fingerprint density at radius 1 is 1.32 bits per heavy atom. The second-order valence-corrected chi connectivity index (χ2v) is 9.09. The van der Waals surface area contributed by atoms with E-state index in [1.165, 1.54) is 0 Å². The van der Waals surface area contributed by atoms with Gasteiger partial charge in [0.1, 0.15) is 0 Å². The Labute approximate surface area is 151 Å². The molecule has 3 atom stereocenters. The van der Waals surface area contributed by atoms with Crippen molar-refractivity contribution in [2.24, 2.45) is 5.92 Å². The molecule has 0 aromatic carbocycles. The zero-order valence-corrected chi connectivity index (χ0v) is 15.6. The van der Waals surface area contributed by atoms with Gasteiger partial charge in [-0.15, -0.1) is 10.2 Å². The molecule has 8 heteroatoms. The van der Waals surface area contributed by atoms with Crippen molar-refractivity contribution in [3.05, 3.63) is 12.1 Å². The van der Waals surface area contributed by atoms with Gasteiger partial charge in [0, 0.05) is 35.2 Å². The molecule has 1 aromatic rings. The number of hydrogen-bond donors (Lipinski definition) is 1. The lowest BCUT2D eigenvalue weighted by molar-refractivity contribution is 0.209. The van der Waals surface area contributed by atoms with Crippen molar-refractivity contribution in [3.8, 4) is 5.88 Å². The van der Waals surface area contributed by atoms with Crippen molar-refractivity contribution in [2.75, 3.05) is 25.0 Å². The van der Waals surface area contributed by atoms with Gasteiger partial charge in [-0.05, 0) is 37.7 Å². The summed E-state index contributed by atoms with van der Waals surface area (Å²) in [6.07, 6.45) is 3.74. The van der Waals surface area contributed by atoms with E-state index in [0.717, 1.165) is 25.7 Å². The largest absolute Gasteiger partial charge is 0.477 e. The summed E-state index contributed by atoms with van der Waals surface area (Å²) in [6, 6.07) is 3.20. The van der Waals surface area contributed by atoms with E-state index in [1.807, 2.05) is 0 Å². The van der Waals surface area contributed by atoms with Crippen LogP contribution in [0.4, 0.5) is 10.6 Å². The van der Waals surface area contributed by atoms with E-state index in [9.17, 15) is 9.00 Å². The molecule has 0 saturated carbocycles. The summed E-state index contributed by atoms with van der Waals surface area (Å²) < 4.78 is 17.7. The summed E-state index contributed by atoms with van der Waals surface area (Å²) in [6.45, 7) is 6.07. The van der Waals surface area contributed by atoms with E-state index >= 15 is 0 Å². The average molecular weight is 366 g/mol. The first kappa shape index (κ1) is 18.1. The van der Waals surface area contributed by atoms with Gasteiger partial charge < -0.3 is 9.64 Å². The van der Waals surface area contributed by atoms with Gasteiger partial charge in [0.2, 0.25) is 5.88 Å². The lowest BCUT2D eigenvalue weighted by Crippen LogP contribution is -2.40. The lowest BCUT2D eigenvalue weighted by Gasteiger charge is -2.23. The molecular formula is C17H26N4O3S. The summed E-state index contributed by atoms with van der Waals surface area (Å²) in [4.78, 5) is 14.2. The van der Waals surface area contributed by atoms with Crippen LogP contribution in [-0.4, -0.2) is 55.5 Å². The molecule has 2 aliphatic heterocycles. The van der Waals surface area contributed by atoms with Crippen molar-refractivity contribution in [1.82, 2.24) is 15.1 Å².